The number of benzene rings is 2. The molecule has 21 heavy (non-hydrogen) atoms. The summed E-state index contributed by atoms with van der Waals surface area (Å²) < 4.78 is 10.9. The number of ether oxygens (including phenoxy) is 2. The van der Waals surface area contributed by atoms with Crippen molar-refractivity contribution in [2.45, 2.75) is 33.0 Å². The normalized spacial score (nSPS) is 10.7. The third-order valence-electron chi connectivity index (χ3n) is 3.09. The lowest BCUT2D eigenvalue weighted by atomic mass is 10.2. The smallest absolute Gasteiger partial charge is 0.119 e. The van der Waals surface area contributed by atoms with Crippen molar-refractivity contribution in [1.29, 1.82) is 0 Å². The molecule has 2 aromatic rings. The average molecular weight is 285 g/mol. The number of hydrogen-bond acceptors (Lipinski definition) is 3. The number of hydrogen-bond donors (Lipinski definition) is 1. The summed E-state index contributed by atoms with van der Waals surface area (Å²) in [4.78, 5) is 0. The molecule has 0 fully saturated rings. The van der Waals surface area contributed by atoms with Gasteiger partial charge in [-0.05, 0) is 49.2 Å². The predicted molar refractivity (Wildman–Crippen MR) is 85.7 cm³/mol. The van der Waals surface area contributed by atoms with E-state index in [-0.39, 0.29) is 6.10 Å². The molecule has 0 heterocycles. The molecule has 0 bridgehead atoms. The minimum atomic E-state index is 0.210. The molecule has 1 N–H and O–H groups in total. The zero-order valence-corrected chi connectivity index (χ0v) is 12.9. The van der Waals surface area contributed by atoms with Gasteiger partial charge in [0.05, 0.1) is 13.2 Å². The third-order valence-corrected chi connectivity index (χ3v) is 3.09. The van der Waals surface area contributed by atoms with E-state index in [4.69, 9.17) is 9.47 Å². The van der Waals surface area contributed by atoms with Gasteiger partial charge in [-0.1, -0.05) is 24.3 Å². The van der Waals surface area contributed by atoms with Crippen LogP contribution in [0.3, 0.4) is 0 Å². The van der Waals surface area contributed by atoms with E-state index in [0.29, 0.717) is 0 Å². The second-order valence-electron chi connectivity index (χ2n) is 5.27. The van der Waals surface area contributed by atoms with Crippen molar-refractivity contribution < 1.29 is 9.47 Å². The fourth-order valence-corrected chi connectivity index (χ4v) is 2.09. The van der Waals surface area contributed by atoms with Gasteiger partial charge in [-0.3, -0.25) is 0 Å². The number of nitrogens with one attached hydrogen (secondary N) is 1. The monoisotopic (exact) mass is 285 g/mol. The van der Waals surface area contributed by atoms with Gasteiger partial charge in [0.1, 0.15) is 11.5 Å². The summed E-state index contributed by atoms with van der Waals surface area (Å²) in [6, 6.07) is 16.3. The third kappa shape index (κ3) is 5.12. The molecule has 0 spiro atoms. The van der Waals surface area contributed by atoms with Gasteiger partial charge in [0.25, 0.3) is 0 Å². The lowest BCUT2D eigenvalue weighted by Crippen LogP contribution is -2.12. The fraction of sp³-hybridized carbons (Fsp3) is 0.333. The molecule has 0 radical (unpaired) electrons. The zero-order chi connectivity index (χ0) is 15.1. The van der Waals surface area contributed by atoms with E-state index in [0.717, 1.165) is 24.6 Å². The van der Waals surface area contributed by atoms with Gasteiger partial charge in [0.2, 0.25) is 0 Å². The molecular weight excluding hydrogens is 262 g/mol. The van der Waals surface area contributed by atoms with Gasteiger partial charge in [-0.25, -0.2) is 0 Å². The lowest BCUT2D eigenvalue weighted by Gasteiger charge is -2.10. The molecule has 2 rings (SSSR count). The van der Waals surface area contributed by atoms with E-state index < -0.39 is 0 Å². The summed E-state index contributed by atoms with van der Waals surface area (Å²) in [7, 11) is 1.69. The van der Waals surface area contributed by atoms with E-state index in [2.05, 4.69) is 23.5 Å². The summed E-state index contributed by atoms with van der Waals surface area (Å²) in [5.74, 6) is 1.81. The van der Waals surface area contributed by atoms with Crippen molar-refractivity contribution in [3.05, 3.63) is 59.7 Å². The Morgan fingerprint density at radius 2 is 1.62 bits per heavy atom. The standard InChI is InChI=1S/C18H23NO2/c1-14(2)21-17-9-7-15(8-10-17)12-19-13-16-5-4-6-18(11-16)20-3/h4-11,14,19H,12-13H2,1-3H3. The van der Waals surface area contributed by atoms with Crippen LogP contribution in [0.1, 0.15) is 25.0 Å². The van der Waals surface area contributed by atoms with E-state index in [1.807, 2.05) is 44.2 Å². The molecule has 0 saturated heterocycles. The van der Waals surface area contributed by atoms with Crippen molar-refractivity contribution in [3.8, 4) is 11.5 Å². The minimum Gasteiger partial charge on any atom is -0.497 e. The topological polar surface area (TPSA) is 30.5 Å². The largest absolute Gasteiger partial charge is 0.497 e. The Morgan fingerprint density at radius 3 is 2.29 bits per heavy atom. The van der Waals surface area contributed by atoms with Gasteiger partial charge in [-0.15, -0.1) is 0 Å². The van der Waals surface area contributed by atoms with E-state index in [1.165, 1.54) is 11.1 Å². The number of rotatable bonds is 7. The van der Waals surface area contributed by atoms with Crippen LogP contribution in [0.15, 0.2) is 48.5 Å². The van der Waals surface area contributed by atoms with Crippen LogP contribution in [0, 0.1) is 0 Å². The average Bonchev–Trinajstić information content (AvgIpc) is 2.49. The Labute approximate surface area is 126 Å². The highest BCUT2D eigenvalue weighted by Crippen LogP contribution is 2.15. The van der Waals surface area contributed by atoms with Gasteiger partial charge in [0, 0.05) is 13.1 Å². The first-order chi connectivity index (χ1) is 10.2. The maximum absolute atomic E-state index is 5.63. The van der Waals surface area contributed by atoms with E-state index in [1.54, 1.807) is 7.11 Å². The summed E-state index contributed by atoms with van der Waals surface area (Å²) in [5.41, 5.74) is 2.46. The SMILES string of the molecule is COc1cccc(CNCc2ccc(OC(C)C)cc2)c1. The zero-order valence-electron chi connectivity index (χ0n) is 12.9. The van der Waals surface area contributed by atoms with Crippen LogP contribution in [0.25, 0.3) is 0 Å². The Hall–Kier alpha value is -2.00. The molecule has 0 aliphatic carbocycles. The lowest BCUT2D eigenvalue weighted by molar-refractivity contribution is 0.242. The summed E-state index contributed by atoms with van der Waals surface area (Å²) >= 11 is 0. The molecule has 3 nitrogen and oxygen atoms in total. The maximum atomic E-state index is 5.63. The molecule has 0 saturated carbocycles. The Balaban J connectivity index is 1.82. The molecule has 0 unspecified atom stereocenters. The summed E-state index contributed by atoms with van der Waals surface area (Å²) in [6.45, 7) is 5.72. The van der Waals surface area contributed by atoms with Crippen molar-refractivity contribution >= 4 is 0 Å². The molecule has 0 aliphatic heterocycles. The molecule has 3 heteroatoms. The Kier molecular flexibility index (Phi) is 5.64. The van der Waals surface area contributed by atoms with Crippen molar-refractivity contribution in [3.63, 3.8) is 0 Å². The molecule has 2 aromatic carbocycles. The first-order valence-corrected chi connectivity index (χ1v) is 7.26. The van der Waals surface area contributed by atoms with E-state index in [9.17, 15) is 0 Å². The van der Waals surface area contributed by atoms with Crippen molar-refractivity contribution in [2.24, 2.45) is 0 Å². The van der Waals surface area contributed by atoms with Crippen LogP contribution < -0.4 is 14.8 Å². The summed E-state index contributed by atoms with van der Waals surface area (Å²) in [6.07, 6.45) is 0.210. The van der Waals surface area contributed by atoms with Crippen LogP contribution in [0.4, 0.5) is 0 Å². The first kappa shape index (κ1) is 15.4. The molecule has 0 aromatic heterocycles. The second kappa shape index (κ2) is 7.70. The highest BCUT2D eigenvalue weighted by molar-refractivity contribution is 5.29. The molecule has 112 valence electrons. The second-order valence-corrected chi connectivity index (χ2v) is 5.27. The van der Waals surface area contributed by atoms with Gasteiger partial charge < -0.3 is 14.8 Å². The van der Waals surface area contributed by atoms with Crippen LogP contribution in [0.5, 0.6) is 11.5 Å². The first-order valence-electron chi connectivity index (χ1n) is 7.26. The van der Waals surface area contributed by atoms with Gasteiger partial charge in [0.15, 0.2) is 0 Å². The minimum absolute atomic E-state index is 0.210. The van der Waals surface area contributed by atoms with Crippen molar-refractivity contribution in [2.75, 3.05) is 7.11 Å². The number of methoxy groups -OCH3 is 1. The van der Waals surface area contributed by atoms with Gasteiger partial charge in [-0.2, -0.15) is 0 Å². The highest BCUT2D eigenvalue weighted by atomic mass is 16.5. The van der Waals surface area contributed by atoms with Gasteiger partial charge >= 0.3 is 0 Å². The summed E-state index contributed by atoms with van der Waals surface area (Å²) in [5, 5.41) is 3.43. The van der Waals surface area contributed by atoms with Crippen LogP contribution in [0.2, 0.25) is 0 Å². The highest BCUT2D eigenvalue weighted by Gasteiger charge is 1.99. The molecular formula is C18H23NO2. The quantitative estimate of drug-likeness (QED) is 0.840. The van der Waals surface area contributed by atoms with E-state index >= 15 is 0 Å². The predicted octanol–water partition coefficient (Wildman–Crippen LogP) is 3.77. The van der Waals surface area contributed by atoms with Crippen LogP contribution >= 0.6 is 0 Å². The molecule has 0 amide bonds. The van der Waals surface area contributed by atoms with Crippen LogP contribution in [-0.4, -0.2) is 13.2 Å². The van der Waals surface area contributed by atoms with Crippen molar-refractivity contribution in [1.82, 2.24) is 5.32 Å². The maximum Gasteiger partial charge on any atom is 0.119 e. The van der Waals surface area contributed by atoms with Crippen LogP contribution in [-0.2, 0) is 13.1 Å². The Morgan fingerprint density at radius 1 is 0.905 bits per heavy atom. The molecule has 0 atom stereocenters. The Bertz CT molecular complexity index is 549. The fourth-order valence-electron chi connectivity index (χ4n) is 2.09. The molecule has 0 aliphatic rings.